The summed E-state index contributed by atoms with van der Waals surface area (Å²) in [6.07, 6.45) is 6.14. The number of carbonyl (C=O) groups is 1. The SMILES string of the molecule is C[C@@H]1C[C@@H](N)C[C@H](c2ccncc2NC(=O)c2cccc(-c3c(F)cccc3F)n2)C1. The summed E-state index contributed by atoms with van der Waals surface area (Å²) in [5, 5.41) is 2.87. The summed E-state index contributed by atoms with van der Waals surface area (Å²) in [6.45, 7) is 2.18. The lowest BCUT2D eigenvalue weighted by Gasteiger charge is -2.32. The molecule has 5 nitrogen and oxygen atoms in total. The molecule has 0 saturated heterocycles. The Labute approximate surface area is 179 Å². The summed E-state index contributed by atoms with van der Waals surface area (Å²) in [5.41, 5.74) is 7.66. The van der Waals surface area contributed by atoms with Crippen LogP contribution in [0.15, 0.2) is 54.9 Å². The van der Waals surface area contributed by atoms with Gasteiger partial charge in [-0.15, -0.1) is 0 Å². The number of nitrogens with two attached hydrogens (primary N) is 1. The largest absolute Gasteiger partial charge is 0.328 e. The van der Waals surface area contributed by atoms with E-state index in [4.69, 9.17) is 5.73 Å². The Balaban J connectivity index is 1.60. The summed E-state index contributed by atoms with van der Waals surface area (Å²) in [6, 6.07) is 10.2. The zero-order valence-electron chi connectivity index (χ0n) is 17.2. The van der Waals surface area contributed by atoms with Gasteiger partial charge < -0.3 is 11.1 Å². The van der Waals surface area contributed by atoms with Crippen LogP contribution in [0.5, 0.6) is 0 Å². The predicted molar refractivity (Wildman–Crippen MR) is 116 cm³/mol. The Bertz CT molecular complexity index is 1070. The van der Waals surface area contributed by atoms with E-state index >= 15 is 0 Å². The van der Waals surface area contributed by atoms with Crippen molar-refractivity contribution in [3.63, 3.8) is 0 Å². The fourth-order valence-corrected chi connectivity index (χ4v) is 4.41. The molecule has 1 fully saturated rings. The number of rotatable bonds is 4. The van der Waals surface area contributed by atoms with Gasteiger partial charge in [0.2, 0.25) is 0 Å². The lowest BCUT2D eigenvalue weighted by atomic mass is 9.76. The van der Waals surface area contributed by atoms with Crippen LogP contribution in [0.2, 0.25) is 0 Å². The second-order valence-corrected chi connectivity index (χ2v) is 8.19. The molecule has 7 heteroatoms. The summed E-state index contributed by atoms with van der Waals surface area (Å²) in [5.74, 6) is -1.21. The molecule has 1 aliphatic rings. The van der Waals surface area contributed by atoms with Crippen LogP contribution in [-0.4, -0.2) is 21.9 Å². The number of aromatic nitrogens is 2. The van der Waals surface area contributed by atoms with Gasteiger partial charge in [0, 0.05) is 12.2 Å². The molecule has 0 aliphatic heterocycles. The first kappa shape index (κ1) is 21.1. The highest BCUT2D eigenvalue weighted by Gasteiger charge is 2.27. The number of nitrogens with zero attached hydrogens (tertiary/aromatic N) is 2. The number of halogens is 2. The molecular weight excluding hydrogens is 398 g/mol. The summed E-state index contributed by atoms with van der Waals surface area (Å²) in [7, 11) is 0. The molecule has 0 radical (unpaired) electrons. The summed E-state index contributed by atoms with van der Waals surface area (Å²) >= 11 is 0. The number of hydrogen-bond acceptors (Lipinski definition) is 4. The molecular formula is C24H24F2N4O. The molecule has 31 heavy (non-hydrogen) atoms. The second kappa shape index (κ2) is 8.89. The standard InChI is InChI=1S/C24H24F2N4O/c1-14-10-15(12-16(27)11-14)17-8-9-28-13-22(17)30-24(31)21-7-3-6-20(29-21)23-18(25)4-2-5-19(23)26/h2-9,13-16H,10-12,27H2,1H3,(H,30,31)/t14-,15+,16+/m0/s1. The first-order valence-electron chi connectivity index (χ1n) is 10.3. The molecule has 2 heterocycles. The molecule has 3 atom stereocenters. The van der Waals surface area contributed by atoms with Gasteiger partial charge in [-0.05, 0) is 67.0 Å². The van der Waals surface area contributed by atoms with Gasteiger partial charge in [-0.2, -0.15) is 0 Å². The molecule has 1 saturated carbocycles. The van der Waals surface area contributed by atoms with E-state index in [2.05, 4.69) is 22.2 Å². The van der Waals surface area contributed by atoms with Gasteiger partial charge in [0.25, 0.3) is 5.91 Å². The van der Waals surface area contributed by atoms with Gasteiger partial charge in [0.05, 0.1) is 23.1 Å². The Morgan fingerprint density at radius 3 is 2.55 bits per heavy atom. The van der Waals surface area contributed by atoms with E-state index in [0.29, 0.717) is 11.6 Å². The van der Waals surface area contributed by atoms with Crippen molar-refractivity contribution in [2.75, 3.05) is 5.32 Å². The fraction of sp³-hybridized carbons (Fsp3) is 0.292. The van der Waals surface area contributed by atoms with E-state index in [1.807, 2.05) is 6.07 Å². The van der Waals surface area contributed by atoms with E-state index in [1.54, 1.807) is 18.5 Å². The van der Waals surface area contributed by atoms with Crippen molar-refractivity contribution < 1.29 is 13.6 Å². The van der Waals surface area contributed by atoms with Crippen LogP contribution >= 0.6 is 0 Å². The summed E-state index contributed by atoms with van der Waals surface area (Å²) < 4.78 is 28.3. The summed E-state index contributed by atoms with van der Waals surface area (Å²) in [4.78, 5) is 21.3. The number of benzene rings is 1. The molecule has 0 bridgehead atoms. The number of nitrogens with one attached hydrogen (secondary N) is 1. The zero-order chi connectivity index (χ0) is 22.0. The van der Waals surface area contributed by atoms with Crippen LogP contribution in [0.3, 0.4) is 0 Å². The molecule has 1 aliphatic carbocycles. The minimum absolute atomic E-state index is 0.0572. The van der Waals surface area contributed by atoms with Crippen LogP contribution in [0.4, 0.5) is 14.5 Å². The molecule has 1 amide bonds. The molecule has 160 valence electrons. The van der Waals surface area contributed by atoms with E-state index in [0.717, 1.165) is 37.0 Å². The molecule has 4 rings (SSSR count). The predicted octanol–water partition coefficient (Wildman–Crippen LogP) is 4.91. The molecule has 3 aromatic rings. The number of carbonyl (C=O) groups excluding carboxylic acids is 1. The van der Waals surface area contributed by atoms with E-state index in [9.17, 15) is 13.6 Å². The monoisotopic (exact) mass is 422 g/mol. The molecule has 0 spiro atoms. The molecule has 1 aromatic carbocycles. The third-order valence-electron chi connectivity index (χ3n) is 5.72. The minimum atomic E-state index is -0.734. The number of amides is 1. The van der Waals surface area contributed by atoms with Crippen LogP contribution in [0.25, 0.3) is 11.3 Å². The highest BCUT2D eigenvalue weighted by Crippen LogP contribution is 2.38. The average Bonchev–Trinajstić information content (AvgIpc) is 2.73. The maximum Gasteiger partial charge on any atom is 0.274 e. The highest BCUT2D eigenvalue weighted by atomic mass is 19.1. The van der Waals surface area contributed by atoms with Crippen LogP contribution in [0, 0.1) is 17.6 Å². The number of hydrogen-bond donors (Lipinski definition) is 2. The van der Waals surface area contributed by atoms with Gasteiger partial charge in [-0.3, -0.25) is 9.78 Å². The van der Waals surface area contributed by atoms with Gasteiger partial charge in [0.1, 0.15) is 17.3 Å². The Kier molecular flexibility index (Phi) is 6.04. The molecule has 3 N–H and O–H groups in total. The van der Waals surface area contributed by atoms with Gasteiger partial charge in [-0.25, -0.2) is 13.8 Å². The Morgan fingerprint density at radius 2 is 1.81 bits per heavy atom. The minimum Gasteiger partial charge on any atom is -0.328 e. The molecule has 2 aromatic heterocycles. The van der Waals surface area contributed by atoms with Crippen LogP contribution in [-0.2, 0) is 0 Å². The second-order valence-electron chi connectivity index (χ2n) is 8.19. The third kappa shape index (κ3) is 4.61. The smallest absolute Gasteiger partial charge is 0.274 e. The van der Waals surface area contributed by atoms with Crippen molar-refractivity contribution in [2.45, 2.75) is 38.1 Å². The van der Waals surface area contributed by atoms with Crippen molar-refractivity contribution in [1.82, 2.24) is 9.97 Å². The van der Waals surface area contributed by atoms with Crippen molar-refractivity contribution in [1.29, 1.82) is 0 Å². The fourth-order valence-electron chi connectivity index (χ4n) is 4.41. The third-order valence-corrected chi connectivity index (χ3v) is 5.72. The van der Waals surface area contributed by atoms with E-state index in [1.165, 1.54) is 18.2 Å². The Morgan fingerprint density at radius 1 is 1.06 bits per heavy atom. The van der Waals surface area contributed by atoms with Crippen molar-refractivity contribution in [2.24, 2.45) is 11.7 Å². The van der Waals surface area contributed by atoms with Crippen molar-refractivity contribution in [3.8, 4) is 11.3 Å². The van der Waals surface area contributed by atoms with E-state index < -0.39 is 17.5 Å². The van der Waals surface area contributed by atoms with Crippen molar-refractivity contribution >= 4 is 11.6 Å². The van der Waals surface area contributed by atoms with Gasteiger partial charge >= 0.3 is 0 Å². The quantitative estimate of drug-likeness (QED) is 0.626. The maximum absolute atomic E-state index is 14.1. The number of anilines is 1. The zero-order valence-corrected chi connectivity index (χ0v) is 17.2. The maximum atomic E-state index is 14.1. The van der Waals surface area contributed by atoms with Gasteiger partial charge in [-0.1, -0.05) is 19.1 Å². The van der Waals surface area contributed by atoms with Crippen molar-refractivity contribution in [3.05, 3.63) is 77.8 Å². The highest BCUT2D eigenvalue weighted by molar-refractivity contribution is 6.03. The first-order valence-corrected chi connectivity index (χ1v) is 10.3. The Hall–Kier alpha value is -3.19. The number of pyridine rings is 2. The lowest BCUT2D eigenvalue weighted by Crippen LogP contribution is -2.31. The topological polar surface area (TPSA) is 80.9 Å². The normalized spacial score (nSPS) is 21.0. The average molecular weight is 422 g/mol. The van der Waals surface area contributed by atoms with Gasteiger partial charge in [0.15, 0.2) is 0 Å². The molecule has 0 unspecified atom stereocenters. The van der Waals surface area contributed by atoms with Crippen LogP contribution < -0.4 is 11.1 Å². The van der Waals surface area contributed by atoms with Crippen LogP contribution in [0.1, 0.15) is 48.2 Å². The first-order chi connectivity index (χ1) is 14.9. The van der Waals surface area contributed by atoms with E-state index in [-0.39, 0.29) is 28.9 Å². The lowest BCUT2D eigenvalue weighted by molar-refractivity contribution is 0.102.